The number of nitrogens with one attached hydrogen (secondary N) is 2. The summed E-state index contributed by atoms with van der Waals surface area (Å²) in [5, 5.41) is 8.22. The van der Waals surface area contributed by atoms with E-state index in [4.69, 9.17) is 23.2 Å². The Bertz CT molecular complexity index is 389. The molecule has 1 atom stereocenters. The molecule has 1 aromatic carbocycles. The van der Waals surface area contributed by atoms with Gasteiger partial charge in [0.25, 0.3) is 0 Å². The minimum Gasteiger partial charge on any atom is -0.317 e. The summed E-state index contributed by atoms with van der Waals surface area (Å²) in [5.74, 6) is 0.788. The van der Waals surface area contributed by atoms with Gasteiger partial charge in [-0.05, 0) is 63.0 Å². The zero-order valence-electron chi connectivity index (χ0n) is 10.7. The van der Waals surface area contributed by atoms with Crippen LogP contribution in [0.4, 0.5) is 0 Å². The fraction of sp³-hybridized carbons (Fsp3) is 0.571. The van der Waals surface area contributed by atoms with Gasteiger partial charge >= 0.3 is 0 Å². The molecule has 0 amide bonds. The molecule has 0 aliphatic carbocycles. The molecule has 1 aliphatic heterocycles. The fourth-order valence-electron chi connectivity index (χ4n) is 2.33. The standard InChI is InChI=1S/C14H20Cl2N2/c1-10(12-2-3-13(15)14(16)8-12)18-9-11-4-6-17-7-5-11/h2-3,8,10-11,17-18H,4-7,9H2,1H3. The molecular weight excluding hydrogens is 267 g/mol. The van der Waals surface area contributed by atoms with Gasteiger partial charge in [0.15, 0.2) is 0 Å². The van der Waals surface area contributed by atoms with Crippen LogP contribution in [0.5, 0.6) is 0 Å². The van der Waals surface area contributed by atoms with Gasteiger partial charge < -0.3 is 10.6 Å². The van der Waals surface area contributed by atoms with E-state index in [0.29, 0.717) is 16.1 Å². The van der Waals surface area contributed by atoms with Crippen LogP contribution >= 0.6 is 23.2 Å². The summed E-state index contributed by atoms with van der Waals surface area (Å²) in [7, 11) is 0. The molecule has 2 nitrogen and oxygen atoms in total. The number of rotatable bonds is 4. The molecule has 0 saturated carbocycles. The van der Waals surface area contributed by atoms with E-state index >= 15 is 0 Å². The van der Waals surface area contributed by atoms with Gasteiger partial charge in [0.2, 0.25) is 0 Å². The SMILES string of the molecule is CC(NCC1CCNCC1)c1ccc(Cl)c(Cl)c1. The quantitative estimate of drug-likeness (QED) is 0.883. The summed E-state index contributed by atoms with van der Waals surface area (Å²) in [5.41, 5.74) is 1.19. The molecule has 4 heteroatoms. The summed E-state index contributed by atoms with van der Waals surface area (Å²) in [6, 6.07) is 6.16. The Morgan fingerprint density at radius 2 is 2.00 bits per heavy atom. The predicted octanol–water partition coefficient (Wildman–Crippen LogP) is 3.64. The molecule has 0 aromatic heterocycles. The molecule has 1 fully saturated rings. The van der Waals surface area contributed by atoms with Crippen LogP contribution in [0.1, 0.15) is 31.4 Å². The van der Waals surface area contributed by atoms with Gasteiger partial charge in [0.1, 0.15) is 0 Å². The molecule has 2 rings (SSSR count). The van der Waals surface area contributed by atoms with Crippen molar-refractivity contribution in [1.29, 1.82) is 0 Å². The number of halogens is 2. The fourth-order valence-corrected chi connectivity index (χ4v) is 2.64. The Labute approximate surface area is 119 Å². The Morgan fingerprint density at radius 3 is 2.67 bits per heavy atom. The first-order valence-electron chi connectivity index (χ1n) is 6.56. The highest BCUT2D eigenvalue weighted by Gasteiger charge is 2.14. The highest BCUT2D eigenvalue weighted by Crippen LogP contribution is 2.25. The summed E-state index contributed by atoms with van der Waals surface area (Å²) in [6.07, 6.45) is 2.53. The van der Waals surface area contributed by atoms with Gasteiger partial charge in [-0.1, -0.05) is 29.3 Å². The van der Waals surface area contributed by atoms with Gasteiger partial charge in [-0.25, -0.2) is 0 Å². The minimum absolute atomic E-state index is 0.314. The first-order chi connectivity index (χ1) is 8.66. The summed E-state index contributed by atoms with van der Waals surface area (Å²) >= 11 is 12.0. The number of benzene rings is 1. The Morgan fingerprint density at radius 1 is 1.28 bits per heavy atom. The van der Waals surface area contributed by atoms with Gasteiger partial charge in [-0.15, -0.1) is 0 Å². The first-order valence-corrected chi connectivity index (χ1v) is 7.31. The summed E-state index contributed by atoms with van der Waals surface area (Å²) in [4.78, 5) is 0. The van der Waals surface area contributed by atoms with Crippen LogP contribution in [-0.2, 0) is 0 Å². The average molecular weight is 287 g/mol. The molecule has 1 heterocycles. The van der Waals surface area contributed by atoms with Crippen LogP contribution in [0.25, 0.3) is 0 Å². The molecule has 2 N–H and O–H groups in total. The molecule has 1 unspecified atom stereocenters. The summed E-state index contributed by atoms with van der Waals surface area (Å²) in [6.45, 7) is 5.53. The lowest BCUT2D eigenvalue weighted by Gasteiger charge is -2.25. The minimum atomic E-state index is 0.314. The molecule has 0 spiro atoms. The lowest BCUT2D eigenvalue weighted by molar-refractivity contribution is 0.345. The number of piperidine rings is 1. The average Bonchev–Trinajstić information content (AvgIpc) is 2.40. The maximum atomic E-state index is 6.04. The van der Waals surface area contributed by atoms with Crippen molar-refractivity contribution in [2.75, 3.05) is 19.6 Å². The maximum Gasteiger partial charge on any atom is 0.0595 e. The van der Waals surface area contributed by atoms with Crippen LogP contribution in [0.15, 0.2) is 18.2 Å². The van der Waals surface area contributed by atoms with Crippen molar-refractivity contribution < 1.29 is 0 Å². The number of hydrogen-bond acceptors (Lipinski definition) is 2. The van der Waals surface area contributed by atoms with Crippen LogP contribution < -0.4 is 10.6 Å². The van der Waals surface area contributed by atoms with E-state index in [0.717, 1.165) is 25.6 Å². The van der Waals surface area contributed by atoms with Crippen molar-refractivity contribution in [2.45, 2.75) is 25.8 Å². The lowest BCUT2D eigenvalue weighted by Crippen LogP contribution is -2.34. The predicted molar refractivity (Wildman–Crippen MR) is 78.5 cm³/mol. The van der Waals surface area contributed by atoms with Gasteiger partial charge in [-0.3, -0.25) is 0 Å². The van der Waals surface area contributed by atoms with E-state index in [1.807, 2.05) is 18.2 Å². The number of hydrogen-bond donors (Lipinski definition) is 2. The molecule has 1 aromatic rings. The van der Waals surface area contributed by atoms with E-state index in [1.165, 1.54) is 18.4 Å². The van der Waals surface area contributed by atoms with E-state index in [1.54, 1.807) is 0 Å². The summed E-state index contributed by atoms with van der Waals surface area (Å²) < 4.78 is 0. The molecule has 1 saturated heterocycles. The third-order valence-corrected chi connectivity index (χ3v) is 4.35. The van der Waals surface area contributed by atoms with E-state index in [2.05, 4.69) is 17.6 Å². The Hall–Kier alpha value is -0.280. The molecular formula is C14H20Cl2N2. The normalized spacial score (nSPS) is 18.8. The maximum absolute atomic E-state index is 6.04. The lowest BCUT2D eigenvalue weighted by atomic mass is 9.97. The van der Waals surface area contributed by atoms with Gasteiger partial charge in [-0.2, -0.15) is 0 Å². The van der Waals surface area contributed by atoms with Crippen molar-refractivity contribution >= 4 is 23.2 Å². The third kappa shape index (κ3) is 3.86. The van der Waals surface area contributed by atoms with Crippen LogP contribution in [0.2, 0.25) is 10.0 Å². The van der Waals surface area contributed by atoms with Crippen molar-refractivity contribution in [3.8, 4) is 0 Å². The molecule has 18 heavy (non-hydrogen) atoms. The second-order valence-electron chi connectivity index (χ2n) is 5.00. The Balaban J connectivity index is 1.86. The second kappa shape index (κ2) is 6.76. The van der Waals surface area contributed by atoms with Crippen LogP contribution in [0.3, 0.4) is 0 Å². The topological polar surface area (TPSA) is 24.1 Å². The smallest absolute Gasteiger partial charge is 0.0595 e. The molecule has 0 radical (unpaired) electrons. The van der Waals surface area contributed by atoms with Crippen molar-refractivity contribution in [3.05, 3.63) is 33.8 Å². The monoisotopic (exact) mass is 286 g/mol. The molecule has 0 bridgehead atoms. The van der Waals surface area contributed by atoms with Crippen LogP contribution in [-0.4, -0.2) is 19.6 Å². The first kappa shape index (κ1) is 14.1. The van der Waals surface area contributed by atoms with E-state index in [-0.39, 0.29) is 0 Å². The van der Waals surface area contributed by atoms with Gasteiger partial charge in [0, 0.05) is 6.04 Å². The van der Waals surface area contributed by atoms with Crippen molar-refractivity contribution in [2.24, 2.45) is 5.92 Å². The van der Waals surface area contributed by atoms with Crippen molar-refractivity contribution in [3.63, 3.8) is 0 Å². The molecule has 1 aliphatic rings. The van der Waals surface area contributed by atoms with Gasteiger partial charge in [0.05, 0.1) is 10.0 Å². The van der Waals surface area contributed by atoms with E-state index in [9.17, 15) is 0 Å². The largest absolute Gasteiger partial charge is 0.317 e. The zero-order valence-corrected chi connectivity index (χ0v) is 12.2. The van der Waals surface area contributed by atoms with E-state index < -0.39 is 0 Å². The van der Waals surface area contributed by atoms with Crippen LogP contribution in [0, 0.1) is 5.92 Å². The highest BCUT2D eigenvalue weighted by molar-refractivity contribution is 6.42. The Kier molecular flexibility index (Phi) is 5.31. The van der Waals surface area contributed by atoms with Crippen molar-refractivity contribution in [1.82, 2.24) is 10.6 Å². The zero-order chi connectivity index (χ0) is 13.0. The highest BCUT2D eigenvalue weighted by atomic mass is 35.5. The second-order valence-corrected chi connectivity index (χ2v) is 5.81. The molecule has 100 valence electrons. The third-order valence-electron chi connectivity index (χ3n) is 3.62.